The van der Waals surface area contributed by atoms with Gasteiger partial charge in [0, 0.05) is 5.02 Å². The molecule has 2 aromatic carbocycles. The van der Waals surface area contributed by atoms with E-state index in [0.717, 1.165) is 11.3 Å². The molecule has 0 atom stereocenters. The molecule has 158 valence electrons. The first-order chi connectivity index (χ1) is 14.5. The maximum Gasteiger partial charge on any atom is 0.338 e. The summed E-state index contributed by atoms with van der Waals surface area (Å²) in [7, 11) is 1.51. The first-order valence-corrected chi connectivity index (χ1v) is 9.64. The first kappa shape index (κ1) is 21.5. The lowest BCUT2D eigenvalue weighted by atomic mass is 10.2. The summed E-state index contributed by atoms with van der Waals surface area (Å²) in [6.07, 6.45) is 0. The zero-order valence-corrected chi connectivity index (χ0v) is 17.7. The Morgan fingerprint density at radius 3 is 2.47 bits per heavy atom. The average molecular weight is 432 g/mol. The molecular formula is C22H22ClNO6. The van der Waals surface area contributed by atoms with Crippen LogP contribution in [-0.2, 0) is 11.3 Å². The first-order valence-electron chi connectivity index (χ1n) is 9.26. The van der Waals surface area contributed by atoms with E-state index in [2.05, 4.69) is 5.16 Å². The highest BCUT2D eigenvalue weighted by Crippen LogP contribution is 2.29. The molecule has 0 saturated carbocycles. The Hall–Kier alpha value is -3.19. The highest BCUT2D eigenvalue weighted by Gasteiger charge is 2.15. The molecule has 0 radical (unpaired) electrons. The fraction of sp³-hybridized carbons (Fsp3) is 0.273. The van der Waals surface area contributed by atoms with E-state index in [0.29, 0.717) is 33.6 Å². The van der Waals surface area contributed by atoms with Crippen LogP contribution in [0.15, 0.2) is 47.0 Å². The van der Waals surface area contributed by atoms with E-state index in [-0.39, 0.29) is 19.8 Å². The lowest BCUT2D eigenvalue weighted by Crippen LogP contribution is -2.12. The van der Waals surface area contributed by atoms with Crippen molar-refractivity contribution in [2.24, 2.45) is 0 Å². The number of rotatable bonds is 9. The molecule has 30 heavy (non-hydrogen) atoms. The molecule has 0 aliphatic carbocycles. The van der Waals surface area contributed by atoms with Crippen LogP contribution in [0.5, 0.6) is 17.2 Å². The zero-order chi connectivity index (χ0) is 21.5. The molecule has 7 nitrogen and oxygen atoms in total. The van der Waals surface area contributed by atoms with Crippen molar-refractivity contribution in [3.05, 3.63) is 70.1 Å². The number of hydrogen-bond acceptors (Lipinski definition) is 7. The number of aromatic nitrogens is 1. The van der Waals surface area contributed by atoms with Crippen molar-refractivity contribution in [2.75, 3.05) is 20.3 Å². The van der Waals surface area contributed by atoms with E-state index in [4.69, 9.17) is 35.1 Å². The van der Waals surface area contributed by atoms with E-state index >= 15 is 0 Å². The van der Waals surface area contributed by atoms with Crippen molar-refractivity contribution in [1.29, 1.82) is 0 Å². The van der Waals surface area contributed by atoms with Gasteiger partial charge in [0.2, 0.25) is 0 Å². The number of aryl methyl sites for hydroxylation is 2. The number of esters is 1. The van der Waals surface area contributed by atoms with Gasteiger partial charge in [0.05, 0.1) is 23.9 Å². The maximum absolute atomic E-state index is 12.3. The minimum absolute atomic E-state index is 0.105. The summed E-state index contributed by atoms with van der Waals surface area (Å²) in [5.41, 5.74) is 2.00. The molecule has 0 unspecified atom stereocenters. The highest BCUT2D eigenvalue weighted by molar-refractivity contribution is 6.30. The Morgan fingerprint density at radius 1 is 1.03 bits per heavy atom. The van der Waals surface area contributed by atoms with Crippen LogP contribution < -0.4 is 14.2 Å². The number of carbonyl (C=O) groups is 1. The Balaban J connectivity index is 1.54. The van der Waals surface area contributed by atoms with Crippen molar-refractivity contribution in [3.63, 3.8) is 0 Å². The number of benzene rings is 2. The second kappa shape index (κ2) is 10.0. The summed E-state index contributed by atoms with van der Waals surface area (Å²) in [5, 5.41) is 4.53. The van der Waals surface area contributed by atoms with Gasteiger partial charge >= 0.3 is 5.97 Å². The molecule has 0 N–H and O–H groups in total. The van der Waals surface area contributed by atoms with Crippen LogP contribution in [-0.4, -0.2) is 31.4 Å². The Kier molecular flexibility index (Phi) is 7.19. The van der Waals surface area contributed by atoms with Gasteiger partial charge in [-0.15, -0.1) is 0 Å². The quantitative estimate of drug-likeness (QED) is 0.356. The smallest absolute Gasteiger partial charge is 0.338 e. The maximum atomic E-state index is 12.3. The van der Waals surface area contributed by atoms with Gasteiger partial charge in [-0.05, 0) is 56.3 Å². The van der Waals surface area contributed by atoms with Crippen LogP contribution in [0.25, 0.3) is 0 Å². The molecular weight excluding hydrogens is 410 g/mol. The van der Waals surface area contributed by atoms with E-state index in [9.17, 15) is 4.79 Å². The van der Waals surface area contributed by atoms with Gasteiger partial charge in [0.15, 0.2) is 11.5 Å². The molecule has 0 aliphatic heterocycles. The van der Waals surface area contributed by atoms with E-state index in [1.807, 2.05) is 13.8 Å². The topological polar surface area (TPSA) is 80.0 Å². The molecule has 0 saturated heterocycles. The van der Waals surface area contributed by atoms with Gasteiger partial charge in [0.25, 0.3) is 0 Å². The summed E-state index contributed by atoms with van der Waals surface area (Å²) in [4.78, 5) is 12.3. The third-order valence-electron chi connectivity index (χ3n) is 4.35. The predicted molar refractivity (Wildman–Crippen MR) is 111 cm³/mol. The van der Waals surface area contributed by atoms with E-state index in [1.54, 1.807) is 42.5 Å². The SMILES string of the molecule is COc1cc(C(=O)OCCOc2ccc(Cl)cc2)ccc1OCc1c(C)noc1C. The number of carbonyl (C=O) groups excluding carboxylic acids is 1. The van der Waals surface area contributed by atoms with Crippen molar-refractivity contribution >= 4 is 17.6 Å². The molecule has 1 heterocycles. The second-order valence-corrected chi connectivity index (χ2v) is 6.83. The van der Waals surface area contributed by atoms with Gasteiger partial charge in [-0.1, -0.05) is 16.8 Å². The van der Waals surface area contributed by atoms with Gasteiger partial charge < -0.3 is 23.5 Å². The lowest BCUT2D eigenvalue weighted by Gasteiger charge is -2.12. The summed E-state index contributed by atoms with van der Waals surface area (Å²) >= 11 is 5.83. The van der Waals surface area contributed by atoms with Gasteiger partial charge in [-0.3, -0.25) is 0 Å². The highest BCUT2D eigenvalue weighted by atomic mass is 35.5. The molecule has 0 aliphatic rings. The zero-order valence-electron chi connectivity index (χ0n) is 16.9. The van der Waals surface area contributed by atoms with Crippen LogP contribution in [0, 0.1) is 13.8 Å². The summed E-state index contributed by atoms with van der Waals surface area (Å²) in [6.45, 7) is 4.29. The predicted octanol–water partition coefficient (Wildman–Crippen LogP) is 4.77. The molecule has 0 spiro atoms. The second-order valence-electron chi connectivity index (χ2n) is 6.40. The third kappa shape index (κ3) is 5.45. The molecule has 3 rings (SSSR count). The lowest BCUT2D eigenvalue weighted by molar-refractivity contribution is 0.0450. The molecule has 8 heteroatoms. The Morgan fingerprint density at radius 2 is 1.80 bits per heavy atom. The fourth-order valence-corrected chi connectivity index (χ4v) is 2.81. The van der Waals surface area contributed by atoms with Gasteiger partial charge in [-0.2, -0.15) is 0 Å². The number of halogens is 1. The van der Waals surface area contributed by atoms with Crippen LogP contribution >= 0.6 is 11.6 Å². The number of nitrogens with zero attached hydrogens (tertiary/aromatic N) is 1. The van der Waals surface area contributed by atoms with Crippen LogP contribution in [0.2, 0.25) is 5.02 Å². The van der Waals surface area contributed by atoms with Crippen LogP contribution in [0.1, 0.15) is 27.4 Å². The largest absolute Gasteiger partial charge is 0.493 e. The van der Waals surface area contributed by atoms with Crippen molar-refractivity contribution in [1.82, 2.24) is 5.16 Å². The monoisotopic (exact) mass is 431 g/mol. The standard InChI is InChI=1S/C22H22ClNO6/c1-14-19(15(2)30-24-14)13-29-20-9-4-16(12-21(20)26-3)22(25)28-11-10-27-18-7-5-17(23)6-8-18/h4-9,12H,10-11,13H2,1-3H3. The Bertz CT molecular complexity index is 980. The number of hydrogen-bond donors (Lipinski definition) is 0. The van der Waals surface area contributed by atoms with Crippen molar-refractivity contribution in [2.45, 2.75) is 20.5 Å². The fourth-order valence-electron chi connectivity index (χ4n) is 2.68. The number of ether oxygens (including phenoxy) is 4. The molecule has 0 fully saturated rings. The van der Waals surface area contributed by atoms with Crippen LogP contribution in [0.4, 0.5) is 0 Å². The Labute approximate surface area is 179 Å². The summed E-state index contributed by atoms with van der Waals surface area (Å²) in [5.74, 6) is 1.79. The molecule has 0 bridgehead atoms. The normalized spacial score (nSPS) is 10.5. The summed E-state index contributed by atoms with van der Waals surface area (Å²) in [6, 6.07) is 11.8. The van der Waals surface area contributed by atoms with Crippen molar-refractivity contribution < 1.29 is 28.3 Å². The van der Waals surface area contributed by atoms with Crippen molar-refractivity contribution in [3.8, 4) is 17.2 Å². The van der Waals surface area contributed by atoms with Crippen LogP contribution in [0.3, 0.4) is 0 Å². The summed E-state index contributed by atoms with van der Waals surface area (Å²) < 4.78 is 27.1. The molecule has 1 aromatic heterocycles. The average Bonchev–Trinajstić information content (AvgIpc) is 3.08. The molecule has 0 amide bonds. The van der Waals surface area contributed by atoms with Gasteiger partial charge in [-0.25, -0.2) is 4.79 Å². The van der Waals surface area contributed by atoms with E-state index < -0.39 is 5.97 Å². The molecule has 3 aromatic rings. The minimum Gasteiger partial charge on any atom is -0.493 e. The minimum atomic E-state index is -0.481. The van der Waals surface area contributed by atoms with E-state index in [1.165, 1.54) is 7.11 Å². The number of methoxy groups -OCH3 is 1. The third-order valence-corrected chi connectivity index (χ3v) is 4.60. The van der Waals surface area contributed by atoms with Gasteiger partial charge in [0.1, 0.15) is 31.3 Å².